The first-order chi connectivity index (χ1) is 9.04. The molecule has 2 rings (SSSR count). The van der Waals surface area contributed by atoms with Gasteiger partial charge < -0.3 is 5.32 Å². The number of pyridine rings is 1. The average molecular weight is 287 g/mol. The van der Waals surface area contributed by atoms with E-state index >= 15 is 0 Å². The van der Waals surface area contributed by atoms with Gasteiger partial charge >= 0.3 is 6.18 Å². The Balaban J connectivity index is 1.85. The molecule has 2 aromatic rings. The molecule has 0 aromatic carbocycles. The summed E-state index contributed by atoms with van der Waals surface area (Å²) in [6.07, 6.45) is -3.27. The molecule has 0 fully saturated rings. The second kappa shape index (κ2) is 6.12. The van der Waals surface area contributed by atoms with Crippen LogP contribution in [0.1, 0.15) is 12.1 Å². The second-order valence-electron chi connectivity index (χ2n) is 3.90. The van der Waals surface area contributed by atoms with Crippen molar-refractivity contribution in [3.63, 3.8) is 0 Å². The Morgan fingerprint density at radius 3 is 2.79 bits per heavy atom. The Labute approximate surface area is 112 Å². The zero-order chi connectivity index (χ0) is 13.7. The van der Waals surface area contributed by atoms with Crippen LogP contribution in [-0.4, -0.2) is 22.7 Å². The highest BCUT2D eigenvalue weighted by Crippen LogP contribution is 2.21. The molecule has 2 heterocycles. The van der Waals surface area contributed by atoms with Crippen molar-refractivity contribution in [3.05, 3.63) is 35.5 Å². The van der Waals surface area contributed by atoms with Gasteiger partial charge in [-0.1, -0.05) is 6.07 Å². The summed E-state index contributed by atoms with van der Waals surface area (Å²) in [7, 11) is 0. The summed E-state index contributed by atoms with van der Waals surface area (Å²) in [6, 6.07) is 5.53. The molecule has 0 aliphatic carbocycles. The van der Waals surface area contributed by atoms with E-state index in [9.17, 15) is 13.2 Å². The van der Waals surface area contributed by atoms with Crippen molar-refractivity contribution in [2.75, 3.05) is 6.54 Å². The number of nitrogens with one attached hydrogen (secondary N) is 1. The monoisotopic (exact) mass is 287 g/mol. The van der Waals surface area contributed by atoms with Crippen LogP contribution >= 0.6 is 11.3 Å². The maximum Gasteiger partial charge on any atom is 0.390 e. The predicted molar refractivity (Wildman–Crippen MR) is 67.7 cm³/mol. The van der Waals surface area contributed by atoms with Gasteiger partial charge in [0.2, 0.25) is 0 Å². The number of rotatable bonds is 5. The summed E-state index contributed by atoms with van der Waals surface area (Å²) >= 11 is 1.43. The molecule has 0 aliphatic rings. The van der Waals surface area contributed by atoms with Crippen molar-refractivity contribution in [2.24, 2.45) is 0 Å². The summed E-state index contributed by atoms with van der Waals surface area (Å²) in [5.41, 5.74) is 1.50. The number of hydrogen-bond donors (Lipinski definition) is 1. The van der Waals surface area contributed by atoms with Crippen LogP contribution in [0.4, 0.5) is 13.2 Å². The number of hydrogen-bond acceptors (Lipinski definition) is 4. The molecule has 0 atom stereocenters. The lowest BCUT2D eigenvalue weighted by Crippen LogP contribution is -2.21. The third kappa shape index (κ3) is 4.60. The highest BCUT2D eigenvalue weighted by atomic mass is 32.1. The summed E-state index contributed by atoms with van der Waals surface area (Å²) in [5.74, 6) is 0. The molecule has 0 amide bonds. The standard InChI is InChI=1S/C12H12F3N3S/c13-12(14,15)4-6-16-7-9-8-19-11(18-9)10-3-1-2-5-17-10/h1-3,5,8,16H,4,6-7H2. The van der Waals surface area contributed by atoms with Crippen LogP contribution in [0.2, 0.25) is 0 Å². The maximum atomic E-state index is 11.9. The highest BCUT2D eigenvalue weighted by molar-refractivity contribution is 7.13. The minimum Gasteiger partial charge on any atom is -0.311 e. The van der Waals surface area contributed by atoms with Crippen molar-refractivity contribution in [1.82, 2.24) is 15.3 Å². The van der Waals surface area contributed by atoms with Crippen molar-refractivity contribution in [3.8, 4) is 10.7 Å². The van der Waals surface area contributed by atoms with Gasteiger partial charge in [-0.25, -0.2) is 4.98 Å². The number of aromatic nitrogens is 2. The lowest BCUT2D eigenvalue weighted by Gasteiger charge is -2.06. The summed E-state index contributed by atoms with van der Waals surface area (Å²) in [5, 5.41) is 5.32. The quantitative estimate of drug-likeness (QED) is 0.858. The Hall–Kier alpha value is -1.47. The first-order valence-corrected chi connectivity index (χ1v) is 6.56. The molecule has 0 spiro atoms. The normalized spacial score (nSPS) is 11.7. The molecule has 0 saturated carbocycles. The zero-order valence-corrected chi connectivity index (χ0v) is 10.8. The van der Waals surface area contributed by atoms with Gasteiger partial charge in [0.15, 0.2) is 0 Å². The van der Waals surface area contributed by atoms with Gasteiger partial charge in [-0.15, -0.1) is 11.3 Å². The van der Waals surface area contributed by atoms with E-state index in [0.29, 0.717) is 6.54 Å². The van der Waals surface area contributed by atoms with E-state index in [2.05, 4.69) is 15.3 Å². The molecule has 3 nitrogen and oxygen atoms in total. The van der Waals surface area contributed by atoms with Crippen LogP contribution < -0.4 is 5.32 Å². The molecular formula is C12H12F3N3S. The van der Waals surface area contributed by atoms with Crippen LogP contribution in [0.15, 0.2) is 29.8 Å². The first-order valence-electron chi connectivity index (χ1n) is 5.68. The van der Waals surface area contributed by atoms with Crippen molar-refractivity contribution < 1.29 is 13.2 Å². The first kappa shape index (κ1) is 14.0. The van der Waals surface area contributed by atoms with E-state index in [0.717, 1.165) is 16.4 Å². The van der Waals surface area contributed by atoms with E-state index in [-0.39, 0.29) is 6.54 Å². The summed E-state index contributed by atoms with van der Waals surface area (Å²) in [6.45, 7) is 0.235. The minimum absolute atomic E-state index is 0.0973. The van der Waals surface area contributed by atoms with E-state index in [1.54, 1.807) is 6.20 Å². The zero-order valence-electron chi connectivity index (χ0n) is 9.94. The van der Waals surface area contributed by atoms with Crippen molar-refractivity contribution in [1.29, 1.82) is 0 Å². The number of alkyl halides is 3. The fourth-order valence-corrected chi connectivity index (χ4v) is 2.24. The molecular weight excluding hydrogens is 275 g/mol. The van der Waals surface area contributed by atoms with Gasteiger partial charge in [0, 0.05) is 24.7 Å². The van der Waals surface area contributed by atoms with Crippen LogP contribution in [0.5, 0.6) is 0 Å². The van der Waals surface area contributed by atoms with E-state index < -0.39 is 12.6 Å². The van der Waals surface area contributed by atoms with Crippen LogP contribution in [0, 0.1) is 0 Å². The molecule has 0 aliphatic heterocycles. The number of thiazole rings is 1. The molecule has 0 unspecified atom stereocenters. The van der Waals surface area contributed by atoms with Gasteiger partial charge in [0.25, 0.3) is 0 Å². The van der Waals surface area contributed by atoms with E-state index in [1.807, 2.05) is 23.6 Å². The third-order valence-corrected chi connectivity index (χ3v) is 3.24. The lowest BCUT2D eigenvalue weighted by atomic mass is 10.3. The Morgan fingerprint density at radius 1 is 1.26 bits per heavy atom. The Morgan fingerprint density at radius 2 is 2.11 bits per heavy atom. The van der Waals surface area contributed by atoms with Crippen LogP contribution in [0.3, 0.4) is 0 Å². The predicted octanol–water partition coefficient (Wildman–Crippen LogP) is 3.25. The molecule has 0 bridgehead atoms. The fraction of sp³-hybridized carbons (Fsp3) is 0.333. The van der Waals surface area contributed by atoms with Gasteiger partial charge in [0.1, 0.15) is 5.01 Å². The molecule has 0 saturated heterocycles. The van der Waals surface area contributed by atoms with Gasteiger partial charge in [-0.2, -0.15) is 13.2 Å². The number of nitrogens with zero attached hydrogens (tertiary/aromatic N) is 2. The largest absolute Gasteiger partial charge is 0.390 e. The Bertz CT molecular complexity index is 510. The summed E-state index contributed by atoms with van der Waals surface area (Å²) in [4.78, 5) is 8.50. The fourth-order valence-electron chi connectivity index (χ4n) is 1.44. The SMILES string of the molecule is FC(F)(F)CCNCc1csc(-c2ccccn2)n1. The molecule has 2 aromatic heterocycles. The maximum absolute atomic E-state index is 11.9. The number of halogens is 3. The lowest BCUT2D eigenvalue weighted by molar-refractivity contribution is -0.133. The molecule has 0 radical (unpaired) electrons. The van der Waals surface area contributed by atoms with Crippen molar-refractivity contribution in [2.45, 2.75) is 19.1 Å². The molecule has 7 heteroatoms. The van der Waals surface area contributed by atoms with Gasteiger partial charge in [0.05, 0.1) is 17.8 Å². The molecule has 1 N–H and O–H groups in total. The smallest absolute Gasteiger partial charge is 0.311 e. The van der Waals surface area contributed by atoms with Gasteiger partial charge in [-0.3, -0.25) is 4.98 Å². The highest BCUT2D eigenvalue weighted by Gasteiger charge is 2.25. The summed E-state index contributed by atoms with van der Waals surface area (Å²) < 4.78 is 35.8. The van der Waals surface area contributed by atoms with Gasteiger partial charge in [-0.05, 0) is 12.1 Å². The second-order valence-corrected chi connectivity index (χ2v) is 4.76. The van der Waals surface area contributed by atoms with E-state index in [1.165, 1.54) is 11.3 Å². The van der Waals surface area contributed by atoms with Crippen LogP contribution in [-0.2, 0) is 6.54 Å². The average Bonchev–Trinajstić information content (AvgIpc) is 2.83. The molecule has 19 heavy (non-hydrogen) atoms. The molecule has 102 valence electrons. The van der Waals surface area contributed by atoms with Crippen molar-refractivity contribution >= 4 is 11.3 Å². The Kier molecular flexibility index (Phi) is 4.49. The van der Waals surface area contributed by atoms with Crippen LogP contribution in [0.25, 0.3) is 10.7 Å². The minimum atomic E-state index is -4.12. The topological polar surface area (TPSA) is 37.8 Å². The van der Waals surface area contributed by atoms with E-state index in [4.69, 9.17) is 0 Å². The third-order valence-electron chi connectivity index (χ3n) is 2.33.